The van der Waals surface area contributed by atoms with Crippen molar-refractivity contribution in [1.29, 1.82) is 0 Å². The maximum Gasteiger partial charge on any atom is 0.191 e. The SMILES string of the molecule is CCNC(=NCC(O)COc1cccc(C)c1)NC1CCN(Cc2ccccc2C)CC1. The zero-order valence-electron chi connectivity index (χ0n) is 19.7. The minimum Gasteiger partial charge on any atom is -0.491 e. The Kier molecular flexibility index (Phi) is 9.38. The first kappa shape index (κ1) is 24.1. The van der Waals surface area contributed by atoms with Gasteiger partial charge in [0.05, 0.1) is 6.54 Å². The number of nitrogens with zero attached hydrogens (tertiary/aromatic N) is 2. The largest absolute Gasteiger partial charge is 0.491 e. The molecule has 3 N–H and O–H groups in total. The van der Waals surface area contributed by atoms with Crippen LogP contribution in [0.1, 0.15) is 36.5 Å². The number of benzene rings is 2. The van der Waals surface area contributed by atoms with Gasteiger partial charge in [0.1, 0.15) is 18.5 Å². The van der Waals surface area contributed by atoms with Crippen molar-refractivity contribution in [2.45, 2.75) is 52.3 Å². The second-order valence-corrected chi connectivity index (χ2v) is 8.62. The van der Waals surface area contributed by atoms with Crippen LogP contribution >= 0.6 is 0 Å². The van der Waals surface area contributed by atoms with Crippen LogP contribution in [0.2, 0.25) is 0 Å². The molecule has 6 nitrogen and oxygen atoms in total. The van der Waals surface area contributed by atoms with Gasteiger partial charge in [0.15, 0.2) is 5.96 Å². The molecule has 1 saturated heterocycles. The molecule has 0 radical (unpaired) electrons. The third-order valence-electron chi connectivity index (χ3n) is 5.82. The first-order valence-corrected chi connectivity index (χ1v) is 11.7. The number of piperidine rings is 1. The van der Waals surface area contributed by atoms with Crippen molar-refractivity contribution in [3.05, 3.63) is 65.2 Å². The van der Waals surface area contributed by atoms with Crippen LogP contribution in [0, 0.1) is 13.8 Å². The first-order valence-electron chi connectivity index (χ1n) is 11.7. The highest BCUT2D eigenvalue weighted by Gasteiger charge is 2.20. The number of ether oxygens (including phenoxy) is 1. The Labute approximate surface area is 192 Å². The molecule has 0 spiro atoms. The van der Waals surface area contributed by atoms with E-state index in [0.717, 1.165) is 56.3 Å². The van der Waals surface area contributed by atoms with E-state index in [1.165, 1.54) is 11.1 Å². The number of aliphatic hydroxyl groups is 1. The second kappa shape index (κ2) is 12.5. The molecule has 1 unspecified atom stereocenters. The van der Waals surface area contributed by atoms with Crippen LogP contribution in [-0.2, 0) is 6.54 Å². The molecule has 1 aliphatic heterocycles. The Balaban J connectivity index is 1.43. The van der Waals surface area contributed by atoms with Gasteiger partial charge in [-0.1, -0.05) is 36.4 Å². The smallest absolute Gasteiger partial charge is 0.191 e. The molecule has 3 rings (SSSR count). The molecule has 32 heavy (non-hydrogen) atoms. The van der Waals surface area contributed by atoms with Crippen molar-refractivity contribution in [3.8, 4) is 5.75 Å². The van der Waals surface area contributed by atoms with Crippen LogP contribution in [-0.4, -0.2) is 60.9 Å². The van der Waals surface area contributed by atoms with E-state index in [1.54, 1.807) is 0 Å². The first-order chi connectivity index (χ1) is 15.5. The van der Waals surface area contributed by atoms with Crippen molar-refractivity contribution in [2.24, 2.45) is 4.99 Å². The van der Waals surface area contributed by atoms with Gasteiger partial charge >= 0.3 is 0 Å². The quantitative estimate of drug-likeness (QED) is 0.414. The Hall–Kier alpha value is -2.57. The fourth-order valence-electron chi connectivity index (χ4n) is 3.92. The highest BCUT2D eigenvalue weighted by atomic mass is 16.5. The van der Waals surface area contributed by atoms with Gasteiger partial charge in [0.25, 0.3) is 0 Å². The van der Waals surface area contributed by atoms with Crippen molar-refractivity contribution in [3.63, 3.8) is 0 Å². The molecule has 2 aromatic carbocycles. The molecule has 6 heteroatoms. The maximum absolute atomic E-state index is 10.3. The van der Waals surface area contributed by atoms with Gasteiger partial charge < -0.3 is 20.5 Å². The van der Waals surface area contributed by atoms with E-state index in [4.69, 9.17) is 4.74 Å². The minimum absolute atomic E-state index is 0.226. The van der Waals surface area contributed by atoms with Crippen LogP contribution in [0.25, 0.3) is 0 Å². The molecular weight excluding hydrogens is 400 g/mol. The van der Waals surface area contributed by atoms with Gasteiger partial charge in [-0.2, -0.15) is 0 Å². The van der Waals surface area contributed by atoms with E-state index in [1.807, 2.05) is 31.2 Å². The zero-order valence-corrected chi connectivity index (χ0v) is 19.7. The average molecular weight is 439 g/mol. The van der Waals surface area contributed by atoms with E-state index >= 15 is 0 Å². The Morgan fingerprint density at radius 3 is 2.66 bits per heavy atom. The van der Waals surface area contributed by atoms with Gasteiger partial charge in [-0.3, -0.25) is 9.89 Å². The lowest BCUT2D eigenvalue weighted by molar-refractivity contribution is 0.114. The number of aryl methyl sites for hydroxylation is 2. The van der Waals surface area contributed by atoms with Crippen LogP contribution in [0.3, 0.4) is 0 Å². The van der Waals surface area contributed by atoms with Gasteiger partial charge in [0.2, 0.25) is 0 Å². The summed E-state index contributed by atoms with van der Waals surface area (Å²) in [6.45, 7) is 10.7. The summed E-state index contributed by atoms with van der Waals surface area (Å²) in [5, 5.41) is 17.2. The van der Waals surface area contributed by atoms with E-state index < -0.39 is 6.10 Å². The Bertz CT molecular complexity index is 862. The summed E-state index contributed by atoms with van der Waals surface area (Å²) < 4.78 is 5.69. The van der Waals surface area contributed by atoms with E-state index in [-0.39, 0.29) is 6.61 Å². The van der Waals surface area contributed by atoms with E-state index in [9.17, 15) is 5.11 Å². The van der Waals surface area contributed by atoms with E-state index in [2.05, 4.69) is 58.6 Å². The summed E-state index contributed by atoms with van der Waals surface area (Å²) in [4.78, 5) is 7.11. The van der Waals surface area contributed by atoms with Crippen LogP contribution in [0.15, 0.2) is 53.5 Å². The molecule has 0 aliphatic carbocycles. The fourth-order valence-corrected chi connectivity index (χ4v) is 3.92. The summed E-state index contributed by atoms with van der Waals surface area (Å²) in [5.41, 5.74) is 3.91. The van der Waals surface area contributed by atoms with Crippen LogP contribution < -0.4 is 15.4 Å². The van der Waals surface area contributed by atoms with Crippen molar-refractivity contribution in [2.75, 3.05) is 32.8 Å². The van der Waals surface area contributed by atoms with Crippen molar-refractivity contribution < 1.29 is 9.84 Å². The van der Waals surface area contributed by atoms with Gasteiger partial charge in [-0.05, 0) is 62.4 Å². The Morgan fingerprint density at radius 1 is 1.16 bits per heavy atom. The number of hydrogen-bond donors (Lipinski definition) is 3. The molecule has 1 atom stereocenters. The van der Waals surface area contributed by atoms with Gasteiger partial charge in [-0.15, -0.1) is 0 Å². The lowest BCUT2D eigenvalue weighted by Gasteiger charge is -2.33. The average Bonchev–Trinajstić information content (AvgIpc) is 2.79. The minimum atomic E-state index is -0.651. The molecule has 174 valence electrons. The van der Waals surface area contributed by atoms with Crippen LogP contribution in [0.4, 0.5) is 0 Å². The van der Waals surface area contributed by atoms with Crippen molar-refractivity contribution >= 4 is 5.96 Å². The topological polar surface area (TPSA) is 69.1 Å². The molecule has 1 heterocycles. The summed E-state index contributed by atoms with van der Waals surface area (Å²) in [5.74, 6) is 1.54. The molecule has 0 aromatic heterocycles. The maximum atomic E-state index is 10.3. The summed E-state index contributed by atoms with van der Waals surface area (Å²) in [6.07, 6.45) is 1.51. The lowest BCUT2D eigenvalue weighted by Crippen LogP contribution is -2.48. The van der Waals surface area contributed by atoms with Crippen LogP contribution in [0.5, 0.6) is 5.75 Å². The van der Waals surface area contributed by atoms with Crippen molar-refractivity contribution in [1.82, 2.24) is 15.5 Å². The normalized spacial score (nSPS) is 16.6. The Morgan fingerprint density at radius 2 is 1.94 bits per heavy atom. The molecular formula is C26H38N4O2. The lowest BCUT2D eigenvalue weighted by atomic mass is 10.0. The predicted molar refractivity (Wildman–Crippen MR) is 131 cm³/mol. The highest BCUT2D eigenvalue weighted by Crippen LogP contribution is 2.16. The molecule has 1 aliphatic rings. The fraction of sp³-hybridized carbons (Fsp3) is 0.500. The monoisotopic (exact) mass is 438 g/mol. The predicted octanol–water partition coefficient (Wildman–Crippen LogP) is 3.26. The molecule has 0 amide bonds. The zero-order chi connectivity index (χ0) is 22.8. The number of rotatable bonds is 9. The number of nitrogens with one attached hydrogen (secondary N) is 2. The highest BCUT2D eigenvalue weighted by molar-refractivity contribution is 5.80. The number of hydrogen-bond acceptors (Lipinski definition) is 4. The summed E-state index contributed by atoms with van der Waals surface area (Å²) >= 11 is 0. The third-order valence-corrected chi connectivity index (χ3v) is 5.82. The van der Waals surface area contributed by atoms with E-state index in [0.29, 0.717) is 12.6 Å². The molecule has 0 saturated carbocycles. The second-order valence-electron chi connectivity index (χ2n) is 8.62. The standard InChI is InChI=1S/C26H38N4O2/c1-4-27-26(28-17-24(31)19-32-25-11-7-8-20(2)16-25)29-23-12-14-30(15-13-23)18-22-10-6-5-9-21(22)3/h5-11,16,23-24,31H,4,12-15,17-19H2,1-3H3,(H2,27,28,29). The van der Waals surface area contributed by atoms with Gasteiger partial charge in [-0.25, -0.2) is 0 Å². The molecule has 1 fully saturated rings. The van der Waals surface area contributed by atoms with Gasteiger partial charge in [0, 0.05) is 32.2 Å². The third kappa shape index (κ3) is 7.84. The number of aliphatic hydroxyl groups excluding tert-OH is 1. The number of aliphatic imine (C=N–C) groups is 1. The molecule has 2 aromatic rings. The number of likely N-dealkylation sites (tertiary alicyclic amines) is 1. The summed E-state index contributed by atoms with van der Waals surface area (Å²) in [7, 11) is 0. The molecule has 0 bridgehead atoms. The summed E-state index contributed by atoms with van der Waals surface area (Å²) in [6, 6.07) is 16.9. The number of guanidine groups is 1.